The Balaban J connectivity index is 1.77. The molecule has 0 spiro atoms. The number of esters is 1. The van der Waals surface area contributed by atoms with Gasteiger partial charge in [-0.1, -0.05) is 13.0 Å². The molecule has 1 aromatic rings. The Bertz CT molecular complexity index is 774. The fourth-order valence-electron chi connectivity index (χ4n) is 3.53. The van der Waals surface area contributed by atoms with E-state index >= 15 is 0 Å². The summed E-state index contributed by atoms with van der Waals surface area (Å²) in [5.74, 6) is -0.450. The maximum atomic E-state index is 12.9. The lowest BCUT2D eigenvalue weighted by molar-refractivity contribution is 0.00764. The lowest BCUT2D eigenvalue weighted by atomic mass is 10.1. The smallest absolute Gasteiger partial charge is 0.338 e. The van der Waals surface area contributed by atoms with Gasteiger partial charge in [-0.15, -0.1) is 0 Å². The second kappa shape index (κ2) is 8.68. The first kappa shape index (κ1) is 20.3. The molecule has 2 fully saturated rings. The van der Waals surface area contributed by atoms with Crippen molar-refractivity contribution in [2.45, 2.75) is 37.7 Å². The number of sulfonamides is 1. The van der Waals surface area contributed by atoms with Crippen LogP contribution in [0.5, 0.6) is 0 Å². The Morgan fingerprint density at radius 1 is 1.26 bits per heavy atom. The molecule has 8 heteroatoms. The maximum absolute atomic E-state index is 12.9. The van der Waals surface area contributed by atoms with Crippen LogP contribution < -0.4 is 0 Å². The lowest BCUT2D eigenvalue weighted by Crippen LogP contribution is -2.41. The average Bonchev–Trinajstić information content (AvgIpc) is 2.69. The minimum absolute atomic E-state index is 0.126. The van der Waals surface area contributed by atoms with Crippen LogP contribution in [0.1, 0.15) is 35.7 Å². The number of rotatable bonds is 5. The quantitative estimate of drug-likeness (QED) is 0.705. The van der Waals surface area contributed by atoms with Crippen LogP contribution in [-0.2, 0) is 19.5 Å². The molecule has 150 valence electrons. The van der Waals surface area contributed by atoms with E-state index in [-0.39, 0.29) is 11.0 Å². The van der Waals surface area contributed by atoms with Gasteiger partial charge in [0, 0.05) is 19.6 Å². The summed E-state index contributed by atoms with van der Waals surface area (Å²) in [7, 11) is -3.64. The number of carbonyl (C=O) groups excluding carboxylic acids is 1. The molecular weight excluding hydrogens is 368 g/mol. The molecule has 0 radical (unpaired) electrons. The van der Waals surface area contributed by atoms with E-state index in [0.717, 1.165) is 32.5 Å². The van der Waals surface area contributed by atoms with Gasteiger partial charge in [-0.3, -0.25) is 4.90 Å². The SMILES string of the molecule is CCN1CCCC(OC(=O)c2cc(S(=O)(=O)N3CCOCC3)ccc2C)C1. The fraction of sp³-hybridized carbons (Fsp3) is 0.632. The highest BCUT2D eigenvalue weighted by Gasteiger charge is 2.28. The molecule has 2 saturated heterocycles. The second-order valence-electron chi connectivity index (χ2n) is 7.06. The number of likely N-dealkylation sites (N-methyl/N-ethyl adjacent to an activating group) is 1. The zero-order valence-electron chi connectivity index (χ0n) is 16.0. The van der Waals surface area contributed by atoms with Crippen molar-refractivity contribution in [2.75, 3.05) is 45.9 Å². The first-order chi connectivity index (χ1) is 12.9. The molecule has 0 aromatic heterocycles. The molecule has 0 N–H and O–H groups in total. The number of morpholine rings is 1. The number of hydrogen-bond acceptors (Lipinski definition) is 6. The van der Waals surface area contributed by atoms with E-state index in [0.29, 0.717) is 37.4 Å². The van der Waals surface area contributed by atoms with Crippen molar-refractivity contribution in [3.05, 3.63) is 29.3 Å². The Morgan fingerprint density at radius 3 is 2.70 bits per heavy atom. The summed E-state index contributed by atoms with van der Waals surface area (Å²) >= 11 is 0. The third-order valence-corrected chi connectivity index (χ3v) is 7.11. The number of ether oxygens (including phenoxy) is 2. The summed E-state index contributed by atoms with van der Waals surface area (Å²) in [6.45, 7) is 7.99. The van der Waals surface area contributed by atoms with Crippen molar-refractivity contribution < 1.29 is 22.7 Å². The van der Waals surface area contributed by atoms with Gasteiger partial charge in [-0.2, -0.15) is 4.31 Å². The summed E-state index contributed by atoms with van der Waals surface area (Å²) < 4.78 is 38.0. The van der Waals surface area contributed by atoms with E-state index < -0.39 is 16.0 Å². The number of piperidine rings is 1. The molecule has 2 aliphatic rings. The Kier molecular flexibility index (Phi) is 6.52. The van der Waals surface area contributed by atoms with Crippen LogP contribution in [0.15, 0.2) is 23.1 Å². The number of nitrogens with zero attached hydrogens (tertiary/aromatic N) is 2. The van der Waals surface area contributed by atoms with E-state index in [1.807, 2.05) is 0 Å². The van der Waals surface area contributed by atoms with Gasteiger partial charge in [-0.05, 0) is 50.6 Å². The number of carbonyl (C=O) groups is 1. The van der Waals surface area contributed by atoms with Gasteiger partial charge in [0.2, 0.25) is 10.0 Å². The van der Waals surface area contributed by atoms with Crippen LogP contribution in [0.3, 0.4) is 0 Å². The van der Waals surface area contributed by atoms with Gasteiger partial charge in [0.15, 0.2) is 0 Å². The summed E-state index contributed by atoms with van der Waals surface area (Å²) in [6.07, 6.45) is 1.69. The second-order valence-corrected chi connectivity index (χ2v) is 8.99. The van der Waals surface area contributed by atoms with Crippen molar-refractivity contribution in [3.8, 4) is 0 Å². The number of hydrogen-bond donors (Lipinski definition) is 0. The summed E-state index contributed by atoms with van der Waals surface area (Å²) in [6, 6.07) is 4.67. The molecule has 2 aliphatic heterocycles. The predicted molar refractivity (Wildman–Crippen MR) is 101 cm³/mol. The normalized spacial score (nSPS) is 22.5. The highest BCUT2D eigenvalue weighted by molar-refractivity contribution is 7.89. The standard InChI is InChI=1S/C19H28N2O5S/c1-3-20-8-4-5-16(14-20)26-19(22)18-13-17(7-6-15(18)2)27(23,24)21-9-11-25-12-10-21/h6-7,13,16H,3-5,8-12,14H2,1-2H3. The molecule has 1 atom stereocenters. The molecular formula is C19H28N2O5S. The zero-order chi connectivity index (χ0) is 19.4. The highest BCUT2D eigenvalue weighted by atomic mass is 32.2. The summed E-state index contributed by atoms with van der Waals surface area (Å²) in [4.78, 5) is 15.1. The first-order valence-corrected chi connectivity index (χ1v) is 11.0. The first-order valence-electron chi connectivity index (χ1n) is 9.53. The zero-order valence-corrected chi connectivity index (χ0v) is 16.8. The van der Waals surface area contributed by atoms with E-state index in [1.54, 1.807) is 19.1 Å². The van der Waals surface area contributed by atoms with E-state index in [4.69, 9.17) is 9.47 Å². The van der Waals surface area contributed by atoms with Gasteiger partial charge >= 0.3 is 5.97 Å². The monoisotopic (exact) mass is 396 g/mol. The van der Waals surface area contributed by atoms with E-state index in [2.05, 4.69) is 11.8 Å². The molecule has 2 heterocycles. The summed E-state index contributed by atoms with van der Waals surface area (Å²) in [5.41, 5.74) is 1.03. The van der Waals surface area contributed by atoms with Crippen molar-refractivity contribution in [3.63, 3.8) is 0 Å². The Labute approximate surface area is 161 Å². The largest absolute Gasteiger partial charge is 0.457 e. The van der Waals surface area contributed by atoms with Crippen LogP contribution in [0.4, 0.5) is 0 Å². The molecule has 3 rings (SSSR count). The highest BCUT2D eigenvalue weighted by Crippen LogP contribution is 2.22. The molecule has 1 aromatic carbocycles. The van der Waals surface area contributed by atoms with Gasteiger partial charge in [0.05, 0.1) is 23.7 Å². The molecule has 27 heavy (non-hydrogen) atoms. The Hall–Kier alpha value is -1.48. The maximum Gasteiger partial charge on any atom is 0.338 e. The van der Waals surface area contributed by atoms with Crippen molar-refractivity contribution in [2.24, 2.45) is 0 Å². The minimum atomic E-state index is -3.64. The molecule has 0 aliphatic carbocycles. The lowest BCUT2D eigenvalue weighted by Gasteiger charge is -2.31. The van der Waals surface area contributed by atoms with Gasteiger partial charge < -0.3 is 9.47 Å². The van der Waals surface area contributed by atoms with Crippen LogP contribution in [0.25, 0.3) is 0 Å². The molecule has 1 unspecified atom stereocenters. The minimum Gasteiger partial charge on any atom is -0.457 e. The van der Waals surface area contributed by atoms with Crippen molar-refractivity contribution in [1.29, 1.82) is 0 Å². The van der Waals surface area contributed by atoms with Crippen LogP contribution in [0, 0.1) is 6.92 Å². The number of benzene rings is 1. The van der Waals surface area contributed by atoms with Crippen LogP contribution in [0.2, 0.25) is 0 Å². The average molecular weight is 397 g/mol. The van der Waals surface area contributed by atoms with Gasteiger partial charge in [0.25, 0.3) is 0 Å². The third kappa shape index (κ3) is 4.68. The Morgan fingerprint density at radius 2 is 2.00 bits per heavy atom. The fourth-order valence-corrected chi connectivity index (χ4v) is 4.96. The van der Waals surface area contributed by atoms with Crippen molar-refractivity contribution in [1.82, 2.24) is 9.21 Å². The van der Waals surface area contributed by atoms with Crippen LogP contribution >= 0.6 is 0 Å². The third-order valence-electron chi connectivity index (χ3n) is 5.22. The van der Waals surface area contributed by atoms with Crippen LogP contribution in [-0.4, -0.2) is 75.6 Å². The molecule has 0 amide bonds. The number of aryl methyl sites for hydroxylation is 1. The predicted octanol–water partition coefficient (Wildman–Crippen LogP) is 1.66. The van der Waals surface area contributed by atoms with Gasteiger partial charge in [-0.25, -0.2) is 13.2 Å². The van der Waals surface area contributed by atoms with Gasteiger partial charge in [0.1, 0.15) is 6.10 Å². The summed E-state index contributed by atoms with van der Waals surface area (Å²) in [5, 5.41) is 0. The van der Waals surface area contributed by atoms with Crippen molar-refractivity contribution >= 4 is 16.0 Å². The molecule has 0 saturated carbocycles. The van der Waals surface area contributed by atoms with E-state index in [1.165, 1.54) is 10.4 Å². The number of likely N-dealkylation sites (tertiary alicyclic amines) is 1. The molecule has 0 bridgehead atoms. The topological polar surface area (TPSA) is 76.2 Å². The molecule has 7 nitrogen and oxygen atoms in total. The van der Waals surface area contributed by atoms with E-state index in [9.17, 15) is 13.2 Å².